The van der Waals surface area contributed by atoms with Gasteiger partial charge in [-0.05, 0) is 30.0 Å². The molecule has 96 valence electrons. The SMILES string of the molecule is O=Cc1cc(C=O)c(O)c(/C=C2/SC(=O)NC2=O)c1. The van der Waals surface area contributed by atoms with Crippen molar-refractivity contribution in [2.75, 3.05) is 0 Å². The van der Waals surface area contributed by atoms with Crippen LogP contribution in [0.5, 0.6) is 5.75 Å². The van der Waals surface area contributed by atoms with Crippen LogP contribution in [-0.2, 0) is 4.79 Å². The first-order valence-electron chi connectivity index (χ1n) is 5.07. The summed E-state index contributed by atoms with van der Waals surface area (Å²) >= 11 is 0.678. The number of aromatic hydroxyl groups is 1. The summed E-state index contributed by atoms with van der Waals surface area (Å²) in [7, 11) is 0. The highest BCUT2D eigenvalue weighted by Crippen LogP contribution is 2.30. The van der Waals surface area contributed by atoms with Crippen molar-refractivity contribution in [3.63, 3.8) is 0 Å². The first-order valence-corrected chi connectivity index (χ1v) is 5.89. The minimum atomic E-state index is -0.585. The molecule has 19 heavy (non-hydrogen) atoms. The molecule has 0 aromatic heterocycles. The van der Waals surface area contributed by atoms with Gasteiger partial charge in [-0.2, -0.15) is 0 Å². The van der Waals surface area contributed by atoms with E-state index in [9.17, 15) is 24.3 Å². The zero-order valence-corrected chi connectivity index (χ0v) is 10.2. The van der Waals surface area contributed by atoms with Crippen LogP contribution in [0.15, 0.2) is 17.0 Å². The highest BCUT2D eigenvalue weighted by atomic mass is 32.2. The van der Waals surface area contributed by atoms with Gasteiger partial charge in [-0.3, -0.25) is 24.5 Å². The second-order valence-electron chi connectivity index (χ2n) is 3.64. The molecule has 1 fully saturated rings. The number of phenolic OH excluding ortho intramolecular Hbond substituents is 1. The van der Waals surface area contributed by atoms with E-state index in [1.54, 1.807) is 0 Å². The summed E-state index contributed by atoms with van der Waals surface area (Å²) in [5.74, 6) is -0.931. The summed E-state index contributed by atoms with van der Waals surface area (Å²) in [4.78, 5) is 44.0. The van der Waals surface area contributed by atoms with Crippen molar-refractivity contribution >= 4 is 41.6 Å². The van der Waals surface area contributed by atoms with Gasteiger partial charge < -0.3 is 5.11 Å². The number of nitrogens with one attached hydrogen (secondary N) is 1. The molecule has 1 aromatic rings. The number of hydrogen-bond donors (Lipinski definition) is 2. The van der Waals surface area contributed by atoms with E-state index < -0.39 is 11.1 Å². The van der Waals surface area contributed by atoms with Gasteiger partial charge in [0.05, 0.1) is 10.5 Å². The molecule has 2 N–H and O–H groups in total. The van der Waals surface area contributed by atoms with Gasteiger partial charge in [0.1, 0.15) is 12.0 Å². The predicted molar refractivity (Wildman–Crippen MR) is 68.0 cm³/mol. The number of rotatable bonds is 3. The standard InChI is InChI=1S/C12H7NO5S/c14-4-6-1-7(10(16)8(2-6)5-15)3-9-11(17)13-12(18)19-9/h1-5,16H,(H,13,17,18)/b9-3+. The Bertz CT molecular complexity index is 635. The Kier molecular flexibility index (Phi) is 3.48. The number of carbonyl (C=O) groups is 4. The molecule has 0 aliphatic carbocycles. The molecule has 6 nitrogen and oxygen atoms in total. The minimum absolute atomic E-state index is 0.0637. The van der Waals surface area contributed by atoms with E-state index in [0.29, 0.717) is 24.3 Å². The number of phenols is 1. The average molecular weight is 277 g/mol. The maximum Gasteiger partial charge on any atom is 0.290 e. The Morgan fingerprint density at radius 3 is 2.32 bits per heavy atom. The Balaban J connectivity index is 2.53. The van der Waals surface area contributed by atoms with Gasteiger partial charge in [0.25, 0.3) is 11.1 Å². The zero-order valence-electron chi connectivity index (χ0n) is 9.38. The van der Waals surface area contributed by atoms with Gasteiger partial charge in [0.2, 0.25) is 0 Å². The molecule has 0 saturated carbocycles. The molecule has 0 spiro atoms. The normalized spacial score (nSPS) is 16.5. The van der Waals surface area contributed by atoms with Crippen LogP contribution in [0.25, 0.3) is 6.08 Å². The molecule has 1 saturated heterocycles. The van der Waals surface area contributed by atoms with Gasteiger partial charge >= 0.3 is 0 Å². The lowest BCUT2D eigenvalue weighted by atomic mass is 10.0. The maximum absolute atomic E-state index is 11.4. The second-order valence-corrected chi connectivity index (χ2v) is 4.65. The first-order chi connectivity index (χ1) is 9.05. The van der Waals surface area contributed by atoms with Gasteiger partial charge in [-0.25, -0.2) is 0 Å². The van der Waals surface area contributed by atoms with E-state index >= 15 is 0 Å². The third-order valence-corrected chi connectivity index (χ3v) is 3.19. The molecule has 1 aliphatic rings. The van der Waals surface area contributed by atoms with Crippen molar-refractivity contribution in [2.45, 2.75) is 0 Å². The summed E-state index contributed by atoms with van der Waals surface area (Å²) in [6.07, 6.45) is 2.17. The molecular formula is C12H7NO5S. The van der Waals surface area contributed by atoms with Gasteiger partial charge in [-0.1, -0.05) is 0 Å². The quantitative estimate of drug-likeness (QED) is 0.638. The van der Waals surface area contributed by atoms with Crippen molar-refractivity contribution in [1.82, 2.24) is 5.32 Å². The molecule has 0 atom stereocenters. The topological polar surface area (TPSA) is 101 Å². The summed E-state index contributed by atoms with van der Waals surface area (Å²) in [6, 6.07) is 2.54. The van der Waals surface area contributed by atoms with Crippen LogP contribution in [0.4, 0.5) is 4.79 Å². The lowest BCUT2D eigenvalue weighted by molar-refractivity contribution is -0.115. The van der Waals surface area contributed by atoms with Crippen molar-refractivity contribution in [3.05, 3.63) is 33.7 Å². The van der Waals surface area contributed by atoms with Crippen molar-refractivity contribution in [3.8, 4) is 5.75 Å². The molecule has 0 unspecified atom stereocenters. The smallest absolute Gasteiger partial charge is 0.290 e. The maximum atomic E-state index is 11.4. The molecule has 2 rings (SSSR count). The lowest BCUT2D eigenvalue weighted by Crippen LogP contribution is -2.17. The second kappa shape index (κ2) is 5.07. The molecule has 1 heterocycles. The summed E-state index contributed by atoms with van der Waals surface area (Å²) in [5, 5.41) is 11.3. The zero-order chi connectivity index (χ0) is 14.0. The fourth-order valence-electron chi connectivity index (χ4n) is 1.53. The molecule has 7 heteroatoms. The van der Waals surface area contributed by atoms with E-state index in [1.807, 2.05) is 0 Å². The van der Waals surface area contributed by atoms with E-state index in [-0.39, 0.29) is 27.3 Å². The van der Waals surface area contributed by atoms with E-state index in [0.717, 1.165) is 0 Å². The van der Waals surface area contributed by atoms with Crippen LogP contribution in [0, 0.1) is 0 Å². The third kappa shape index (κ3) is 2.55. The summed E-state index contributed by atoms with van der Waals surface area (Å²) < 4.78 is 0. The van der Waals surface area contributed by atoms with Gasteiger partial charge in [0, 0.05) is 11.1 Å². The molecule has 1 aliphatic heterocycles. The fourth-order valence-corrected chi connectivity index (χ4v) is 2.21. The highest BCUT2D eigenvalue weighted by molar-refractivity contribution is 8.18. The number of imide groups is 1. The van der Waals surface area contributed by atoms with E-state index in [4.69, 9.17) is 0 Å². The number of carbonyl (C=O) groups excluding carboxylic acids is 4. The van der Waals surface area contributed by atoms with Crippen LogP contribution in [0.1, 0.15) is 26.3 Å². The Hall–Kier alpha value is -2.41. The van der Waals surface area contributed by atoms with Crippen molar-refractivity contribution in [1.29, 1.82) is 0 Å². The number of hydrogen-bond acceptors (Lipinski definition) is 6. The minimum Gasteiger partial charge on any atom is -0.507 e. The molecule has 0 bridgehead atoms. The van der Waals surface area contributed by atoms with Gasteiger partial charge in [0.15, 0.2) is 6.29 Å². The van der Waals surface area contributed by atoms with Crippen LogP contribution in [0.3, 0.4) is 0 Å². The Morgan fingerprint density at radius 2 is 1.79 bits per heavy atom. The van der Waals surface area contributed by atoms with Crippen LogP contribution in [0.2, 0.25) is 0 Å². The van der Waals surface area contributed by atoms with Crippen LogP contribution >= 0.6 is 11.8 Å². The molecular weight excluding hydrogens is 270 g/mol. The van der Waals surface area contributed by atoms with Crippen molar-refractivity contribution < 1.29 is 24.3 Å². The summed E-state index contributed by atoms with van der Waals surface area (Å²) in [6.45, 7) is 0. The van der Waals surface area contributed by atoms with Crippen LogP contribution in [-0.4, -0.2) is 28.8 Å². The monoisotopic (exact) mass is 277 g/mol. The number of amides is 2. The Labute approximate surface area is 111 Å². The van der Waals surface area contributed by atoms with Crippen LogP contribution < -0.4 is 5.32 Å². The first kappa shape index (κ1) is 13.0. The summed E-state index contributed by atoms with van der Waals surface area (Å²) in [5.41, 5.74) is 0.242. The van der Waals surface area contributed by atoms with E-state index in [2.05, 4.69) is 5.32 Å². The molecule has 1 aromatic carbocycles. The fraction of sp³-hybridized carbons (Fsp3) is 0. The molecule has 0 radical (unpaired) electrons. The lowest BCUT2D eigenvalue weighted by Gasteiger charge is -2.04. The largest absolute Gasteiger partial charge is 0.507 e. The van der Waals surface area contributed by atoms with Gasteiger partial charge in [-0.15, -0.1) is 0 Å². The number of aldehydes is 2. The Morgan fingerprint density at radius 1 is 1.11 bits per heavy atom. The average Bonchev–Trinajstić information content (AvgIpc) is 2.70. The molecule has 2 amide bonds. The highest BCUT2D eigenvalue weighted by Gasteiger charge is 2.25. The van der Waals surface area contributed by atoms with Crippen molar-refractivity contribution in [2.24, 2.45) is 0 Å². The third-order valence-electron chi connectivity index (χ3n) is 2.38. The predicted octanol–water partition coefficient (Wildman–Crippen LogP) is 1.34. The number of thioether (sulfide) groups is 1. The number of benzene rings is 1. The van der Waals surface area contributed by atoms with E-state index in [1.165, 1.54) is 18.2 Å².